The number of nitrogens with one attached hydrogen (secondary N) is 1. The predicted molar refractivity (Wildman–Crippen MR) is 133 cm³/mol. The summed E-state index contributed by atoms with van der Waals surface area (Å²) < 4.78 is 11.1. The molecule has 0 radical (unpaired) electrons. The smallest absolute Gasteiger partial charge is 0.254 e. The maximum absolute atomic E-state index is 13.2. The van der Waals surface area contributed by atoms with Crippen molar-refractivity contribution in [2.45, 2.75) is 40.2 Å². The average molecular weight is 456 g/mol. The summed E-state index contributed by atoms with van der Waals surface area (Å²) in [6.07, 6.45) is 6.12. The average Bonchev–Trinajstić information content (AvgIpc) is 3.45. The topological polar surface area (TPSA) is 71.4 Å². The van der Waals surface area contributed by atoms with Crippen molar-refractivity contribution in [2.24, 2.45) is 0 Å². The van der Waals surface area contributed by atoms with Gasteiger partial charge in [0, 0.05) is 41.3 Å². The highest BCUT2D eigenvalue weighted by Crippen LogP contribution is 2.31. The Bertz CT molecular complexity index is 1360. The van der Waals surface area contributed by atoms with Crippen LogP contribution in [-0.2, 0) is 13.0 Å². The lowest BCUT2D eigenvalue weighted by molar-refractivity contribution is 0.0772. The van der Waals surface area contributed by atoms with Gasteiger partial charge in [0.05, 0.1) is 11.3 Å². The van der Waals surface area contributed by atoms with Crippen LogP contribution in [0.3, 0.4) is 0 Å². The molecule has 1 aliphatic heterocycles. The third-order valence-corrected chi connectivity index (χ3v) is 6.67. The normalized spacial score (nSPS) is 13.9. The van der Waals surface area contributed by atoms with Crippen LogP contribution in [0.2, 0.25) is 0 Å². The minimum Gasteiger partial charge on any atom is -0.489 e. The van der Waals surface area contributed by atoms with Crippen molar-refractivity contribution < 1.29 is 14.1 Å². The molecular formula is C28H29N3O3. The lowest BCUT2D eigenvalue weighted by atomic mass is 9.97. The first-order valence-corrected chi connectivity index (χ1v) is 11.8. The van der Waals surface area contributed by atoms with E-state index in [0.717, 1.165) is 29.9 Å². The second-order valence-electron chi connectivity index (χ2n) is 8.75. The van der Waals surface area contributed by atoms with Crippen molar-refractivity contribution in [1.29, 1.82) is 0 Å². The summed E-state index contributed by atoms with van der Waals surface area (Å²) in [6.45, 7) is 7.59. The van der Waals surface area contributed by atoms with Crippen molar-refractivity contribution in [3.05, 3.63) is 88.4 Å². The molecular weight excluding hydrogens is 426 g/mol. The first-order chi connectivity index (χ1) is 16.5. The van der Waals surface area contributed by atoms with Gasteiger partial charge in [-0.3, -0.25) is 4.79 Å². The lowest BCUT2D eigenvalue weighted by Gasteiger charge is -2.26. The molecule has 34 heavy (non-hydrogen) atoms. The zero-order chi connectivity index (χ0) is 23.7. The van der Waals surface area contributed by atoms with Crippen molar-refractivity contribution in [3.8, 4) is 5.75 Å². The first kappa shape index (κ1) is 22.0. The van der Waals surface area contributed by atoms with E-state index < -0.39 is 0 Å². The Kier molecular flexibility index (Phi) is 5.97. The fourth-order valence-electron chi connectivity index (χ4n) is 4.64. The Morgan fingerprint density at radius 1 is 1.21 bits per heavy atom. The van der Waals surface area contributed by atoms with Gasteiger partial charge in [0.15, 0.2) is 0 Å². The summed E-state index contributed by atoms with van der Waals surface area (Å²) in [6, 6.07) is 13.8. The molecule has 0 saturated carbocycles. The minimum absolute atomic E-state index is 0.0188. The van der Waals surface area contributed by atoms with E-state index in [1.165, 1.54) is 27.6 Å². The van der Waals surface area contributed by atoms with Gasteiger partial charge in [-0.05, 0) is 56.0 Å². The van der Waals surface area contributed by atoms with Crippen LogP contribution in [0.25, 0.3) is 16.5 Å². The molecule has 2 aromatic heterocycles. The first-order valence-electron chi connectivity index (χ1n) is 11.8. The molecule has 6 nitrogen and oxygen atoms in total. The number of aryl methyl sites for hydroxylation is 3. The van der Waals surface area contributed by atoms with E-state index in [1.54, 1.807) is 0 Å². The summed E-state index contributed by atoms with van der Waals surface area (Å²) in [7, 11) is 0. The molecule has 2 aromatic carbocycles. The molecule has 3 heterocycles. The van der Waals surface area contributed by atoms with Gasteiger partial charge in [0.1, 0.15) is 18.1 Å². The molecule has 0 unspecified atom stereocenters. The zero-order valence-corrected chi connectivity index (χ0v) is 19.9. The standard InChI is InChI=1S/C28H29N3O3/c1-4-20-7-6-10-24-25(16-29-27(20)24)21-11-13-31(14-12-21)28(32)22-8-5-9-23(15-22)33-17-26-18(2)30-34-19(26)3/h5-11,15-16,29H,4,12-14,17H2,1-3H3. The molecule has 0 aliphatic carbocycles. The maximum Gasteiger partial charge on any atom is 0.254 e. The van der Waals surface area contributed by atoms with Gasteiger partial charge in [0.2, 0.25) is 0 Å². The number of fused-ring (bicyclic) bond motifs is 1. The fraction of sp³-hybridized carbons (Fsp3) is 0.286. The van der Waals surface area contributed by atoms with Crippen molar-refractivity contribution in [3.63, 3.8) is 0 Å². The Hall–Kier alpha value is -3.80. The summed E-state index contributed by atoms with van der Waals surface area (Å²) in [5.74, 6) is 1.43. The predicted octanol–water partition coefficient (Wildman–Crippen LogP) is 5.84. The van der Waals surface area contributed by atoms with E-state index in [-0.39, 0.29) is 5.91 Å². The van der Waals surface area contributed by atoms with E-state index >= 15 is 0 Å². The lowest BCUT2D eigenvalue weighted by Crippen LogP contribution is -2.34. The quantitative estimate of drug-likeness (QED) is 0.396. The van der Waals surface area contributed by atoms with E-state index in [0.29, 0.717) is 31.0 Å². The van der Waals surface area contributed by atoms with Crippen LogP contribution in [0, 0.1) is 13.8 Å². The number of aromatic amines is 1. The number of hydrogen-bond acceptors (Lipinski definition) is 4. The van der Waals surface area contributed by atoms with Gasteiger partial charge in [-0.1, -0.05) is 42.4 Å². The van der Waals surface area contributed by atoms with Crippen LogP contribution in [0.15, 0.2) is 59.3 Å². The monoisotopic (exact) mass is 455 g/mol. The number of benzene rings is 2. The molecule has 174 valence electrons. The number of hydrogen-bond donors (Lipinski definition) is 1. The Balaban J connectivity index is 1.28. The molecule has 6 heteroatoms. The van der Waals surface area contributed by atoms with Gasteiger partial charge >= 0.3 is 0 Å². The second-order valence-corrected chi connectivity index (χ2v) is 8.75. The number of H-pyrrole nitrogens is 1. The Morgan fingerprint density at radius 3 is 2.79 bits per heavy atom. The number of para-hydroxylation sites is 1. The molecule has 4 aromatic rings. The van der Waals surface area contributed by atoms with Gasteiger partial charge < -0.3 is 19.1 Å². The van der Waals surface area contributed by atoms with E-state index in [2.05, 4.69) is 47.5 Å². The molecule has 0 spiro atoms. The zero-order valence-electron chi connectivity index (χ0n) is 19.9. The summed E-state index contributed by atoms with van der Waals surface area (Å²) in [4.78, 5) is 18.5. The van der Waals surface area contributed by atoms with Crippen LogP contribution in [0.1, 0.15) is 51.8 Å². The number of amides is 1. The molecule has 0 bridgehead atoms. The SMILES string of the molecule is CCc1cccc2c(C3=CCN(C(=O)c4cccc(OCc5c(C)noc5C)c4)CC3)c[nH]c12. The van der Waals surface area contributed by atoms with Crippen molar-refractivity contribution >= 4 is 22.4 Å². The van der Waals surface area contributed by atoms with Crippen molar-refractivity contribution in [1.82, 2.24) is 15.0 Å². The van der Waals surface area contributed by atoms with Crippen LogP contribution in [0.5, 0.6) is 5.75 Å². The molecule has 0 atom stereocenters. The number of carbonyl (C=O) groups excluding carboxylic acids is 1. The molecule has 1 amide bonds. The van der Waals surface area contributed by atoms with Gasteiger partial charge in [-0.2, -0.15) is 0 Å². The number of aromatic nitrogens is 2. The van der Waals surface area contributed by atoms with Crippen LogP contribution >= 0.6 is 0 Å². The number of carbonyl (C=O) groups is 1. The molecule has 0 fully saturated rings. The maximum atomic E-state index is 13.2. The van der Waals surface area contributed by atoms with E-state index in [9.17, 15) is 4.79 Å². The van der Waals surface area contributed by atoms with Crippen molar-refractivity contribution in [2.75, 3.05) is 13.1 Å². The number of rotatable bonds is 6. The van der Waals surface area contributed by atoms with Crippen LogP contribution in [-0.4, -0.2) is 34.0 Å². The highest BCUT2D eigenvalue weighted by atomic mass is 16.5. The van der Waals surface area contributed by atoms with Gasteiger partial charge in [-0.15, -0.1) is 0 Å². The molecule has 0 saturated heterocycles. The summed E-state index contributed by atoms with van der Waals surface area (Å²) in [5, 5.41) is 5.22. The highest BCUT2D eigenvalue weighted by Gasteiger charge is 2.21. The van der Waals surface area contributed by atoms with Crippen LogP contribution < -0.4 is 4.74 Å². The third kappa shape index (κ3) is 4.12. The van der Waals surface area contributed by atoms with E-state index in [4.69, 9.17) is 9.26 Å². The molecule has 5 rings (SSSR count). The number of nitrogens with zero attached hydrogens (tertiary/aromatic N) is 2. The highest BCUT2D eigenvalue weighted by molar-refractivity contribution is 5.97. The Labute approximate surface area is 199 Å². The number of ether oxygens (including phenoxy) is 1. The molecule has 1 N–H and O–H groups in total. The third-order valence-electron chi connectivity index (χ3n) is 6.67. The Morgan fingerprint density at radius 2 is 2.06 bits per heavy atom. The summed E-state index contributed by atoms with van der Waals surface area (Å²) >= 11 is 0. The van der Waals surface area contributed by atoms with E-state index in [1.807, 2.05) is 43.0 Å². The fourth-order valence-corrected chi connectivity index (χ4v) is 4.64. The van der Waals surface area contributed by atoms with Gasteiger partial charge in [-0.25, -0.2) is 0 Å². The largest absolute Gasteiger partial charge is 0.489 e. The minimum atomic E-state index is 0.0188. The summed E-state index contributed by atoms with van der Waals surface area (Å²) in [5.41, 5.74) is 7.47. The van der Waals surface area contributed by atoms with Crippen LogP contribution in [0.4, 0.5) is 0 Å². The second kappa shape index (κ2) is 9.21. The molecule has 1 aliphatic rings. The van der Waals surface area contributed by atoms with Gasteiger partial charge in [0.25, 0.3) is 5.91 Å².